The van der Waals surface area contributed by atoms with E-state index in [0.717, 1.165) is 38.0 Å². The van der Waals surface area contributed by atoms with Crippen LogP contribution in [0.4, 0.5) is 5.95 Å². The van der Waals surface area contributed by atoms with Gasteiger partial charge in [-0.25, -0.2) is 9.97 Å². The van der Waals surface area contributed by atoms with Crippen LogP contribution in [-0.2, 0) is 11.3 Å². The van der Waals surface area contributed by atoms with Crippen LogP contribution >= 0.6 is 0 Å². The molecule has 1 fully saturated rings. The maximum absolute atomic E-state index is 11.8. The zero-order chi connectivity index (χ0) is 13.7. The van der Waals surface area contributed by atoms with E-state index in [2.05, 4.69) is 27.5 Å². The van der Waals surface area contributed by atoms with Gasteiger partial charge in [0.05, 0.1) is 0 Å². The zero-order valence-corrected chi connectivity index (χ0v) is 11.5. The standard InChI is InChI=1S/C13H21N5O/c1-3-15-7-10-8-16-13(17-9-10)18-6-4-5-11(18)12(19)14-2/h8-9,11,15H,3-7H2,1-2H3,(H,14,19). The van der Waals surface area contributed by atoms with Crippen LogP contribution in [0.15, 0.2) is 12.4 Å². The van der Waals surface area contributed by atoms with Crippen LogP contribution in [0.3, 0.4) is 0 Å². The lowest BCUT2D eigenvalue weighted by molar-refractivity contribution is -0.121. The minimum atomic E-state index is -0.135. The average molecular weight is 263 g/mol. The Hall–Kier alpha value is -1.69. The summed E-state index contributed by atoms with van der Waals surface area (Å²) >= 11 is 0. The van der Waals surface area contributed by atoms with Crippen molar-refractivity contribution < 1.29 is 4.79 Å². The van der Waals surface area contributed by atoms with Gasteiger partial charge in [0.2, 0.25) is 11.9 Å². The zero-order valence-electron chi connectivity index (χ0n) is 11.5. The highest BCUT2D eigenvalue weighted by atomic mass is 16.2. The summed E-state index contributed by atoms with van der Waals surface area (Å²) in [5, 5.41) is 5.93. The van der Waals surface area contributed by atoms with Crippen LogP contribution in [-0.4, -0.2) is 42.1 Å². The summed E-state index contributed by atoms with van der Waals surface area (Å²) in [5.74, 6) is 0.684. The summed E-state index contributed by atoms with van der Waals surface area (Å²) in [6, 6.07) is -0.135. The van der Waals surface area contributed by atoms with E-state index in [4.69, 9.17) is 0 Å². The van der Waals surface area contributed by atoms with E-state index >= 15 is 0 Å². The quantitative estimate of drug-likeness (QED) is 0.799. The molecule has 2 N–H and O–H groups in total. The molecule has 1 aliphatic heterocycles. The highest BCUT2D eigenvalue weighted by Crippen LogP contribution is 2.22. The lowest BCUT2D eigenvalue weighted by atomic mass is 10.2. The summed E-state index contributed by atoms with van der Waals surface area (Å²) in [5.41, 5.74) is 1.06. The normalized spacial score (nSPS) is 18.6. The Morgan fingerprint density at radius 1 is 1.47 bits per heavy atom. The molecule has 1 atom stereocenters. The number of nitrogens with zero attached hydrogens (tertiary/aromatic N) is 3. The van der Waals surface area contributed by atoms with Crippen molar-refractivity contribution in [1.29, 1.82) is 0 Å². The summed E-state index contributed by atoms with van der Waals surface area (Å²) in [6.07, 6.45) is 5.51. The fourth-order valence-electron chi connectivity index (χ4n) is 2.30. The summed E-state index contributed by atoms with van der Waals surface area (Å²) < 4.78 is 0. The molecule has 19 heavy (non-hydrogen) atoms. The van der Waals surface area contributed by atoms with E-state index in [-0.39, 0.29) is 11.9 Å². The monoisotopic (exact) mass is 263 g/mol. The number of nitrogens with one attached hydrogen (secondary N) is 2. The van der Waals surface area contributed by atoms with E-state index in [1.165, 1.54) is 0 Å². The van der Waals surface area contributed by atoms with Gasteiger partial charge in [0.25, 0.3) is 0 Å². The first kappa shape index (κ1) is 13.7. The van der Waals surface area contributed by atoms with Crippen molar-refractivity contribution in [3.05, 3.63) is 18.0 Å². The number of aromatic nitrogens is 2. The second kappa shape index (κ2) is 6.47. The molecule has 1 aromatic rings. The molecule has 1 aromatic heterocycles. The molecule has 1 saturated heterocycles. The number of carbonyl (C=O) groups is 1. The highest BCUT2D eigenvalue weighted by Gasteiger charge is 2.31. The number of carbonyl (C=O) groups excluding carboxylic acids is 1. The van der Waals surface area contributed by atoms with Gasteiger partial charge in [-0.05, 0) is 19.4 Å². The molecular formula is C13H21N5O. The topological polar surface area (TPSA) is 70.2 Å². The lowest BCUT2D eigenvalue weighted by Gasteiger charge is -2.23. The predicted molar refractivity (Wildman–Crippen MR) is 73.8 cm³/mol. The van der Waals surface area contributed by atoms with Crippen LogP contribution in [0.5, 0.6) is 0 Å². The van der Waals surface area contributed by atoms with Crippen molar-refractivity contribution in [1.82, 2.24) is 20.6 Å². The van der Waals surface area contributed by atoms with Gasteiger partial charge < -0.3 is 15.5 Å². The van der Waals surface area contributed by atoms with Crippen LogP contribution in [0.25, 0.3) is 0 Å². The molecule has 1 aliphatic rings. The second-order valence-electron chi connectivity index (χ2n) is 4.64. The molecule has 0 radical (unpaired) electrons. The average Bonchev–Trinajstić information content (AvgIpc) is 2.94. The number of amides is 1. The maximum Gasteiger partial charge on any atom is 0.242 e. The second-order valence-corrected chi connectivity index (χ2v) is 4.64. The summed E-state index contributed by atoms with van der Waals surface area (Å²) in [6.45, 7) is 4.60. The Morgan fingerprint density at radius 2 is 2.21 bits per heavy atom. The third kappa shape index (κ3) is 3.20. The smallest absolute Gasteiger partial charge is 0.242 e. The number of hydrogen-bond donors (Lipinski definition) is 2. The lowest BCUT2D eigenvalue weighted by Crippen LogP contribution is -2.42. The van der Waals surface area contributed by atoms with Crippen molar-refractivity contribution in [2.75, 3.05) is 25.0 Å². The molecule has 0 aromatic carbocycles. The maximum atomic E-state index is 11.8. The Labute approximate surface area is 113 Å². The van der Waals surface area contributed by atoms with Crippen LogP contribution < -0.4 is 15.5 Å². The number of hydrogen-bond acceptors (Lipinski definition) is 5. The molecule has 6 nitrogen and oxygen atoms in total. The minimum Gasteiger partial charge on any atom is -0.357 e. The first-order chi connectivity index (χ1) is 9.26. The Morgan fingerprint density at radius 3 is 2.84 bits per heavy atom. The molecule has 0 spiro atoms. The molecule has 1 unspecified atom stereocenters. The Balaban J connectivity index is 2.06. The van der Waals surface area contributed by atoms with Crippen molar-refractivity contribution in [3.8, 4) is 0 Å². The SMILES string of the molecule is CCNCc1cnc(N2CCCC2C(=O)NC)nc1. The van der Waals surface area contributed by atoms with Crippen LogP contribution in [0, 0.1) is 0 Å². The van der Waals surface area contributed by atoms with Gasteiger partial charge >= 0.3 is 0 Å². The van der Waals surface area contributed by atoms with E-state index in [1.54, 1.807) is 7.05 Å². The molecule has 6 heteroatoms. The van der Waals surface area contributed by atoms with Crippen LogP contribution in [0.1, 0.15) is 25.3 Å². The van der Waals surface area contributed by atoms with Gasteiger partial charge in [0.1, 0.15) is 6.04 Å². The van der Waals surface area contributed by atoms with Crippen molar-refractivity contribution in [2.45, 2.75) is 32.4 Å². The van der Waals surface area contributed by atoms with Gasteiger partial charge in [-0.15, -0.1) is 0 Å². The van der Waals surface area contributed by atoms with Gasteiger partial charge in [-0.1, -0.05) is 6.92 Å². The molecule has 104 valence electrons. The van der Waals surface area contributed by atoms with E-state index in [1.807, 2.05) is 17.3 Å². The molecular weight excluding hydrogens is 242 g/mol. The van der Waals surface area contributed by atoms with Gasteiger partial charge in [-0.3, -0.25) is 4.79 Å². The van der Waals surface area contributed by atoms with E-state index in [0.29, 0.717) is 5.95 Å². The van der Waals surface area contributed by atoms with Crippen molar-refractivity contribution >= 4 is 11.9 Å². The summed E-state index contributed by atoms with van der Waals surface area (Å²) in [7, 11) is 1.67. The molecule has 1 amide bonds. The molecule has 0 bridgehead atoms. The molecule has 2 heterocycles. The molecule has 0 saturated carbocycles. The third-order valence-corrected chi connectivity index (χ3v) is 3.33. The predicted octanol–water partition coefficient (Wildman–Crippen LogP) is 0.301. The largest absolute Gasteiger partial charge is 0.357 e. The first-order valence-electron chi connectivity index (χ1n) is 6.76. The number of anilines is 1. The van der Waals surface area contributed by atoms with Gasteiger partial charge in [0, 0.05) is 38.1 Å². The van der Waals surface area contributed by atoms with Gasteiger partial charge in [0.15, 0.2) is 0 Å². The summed E-state index contributed by atoms with van der Waals surface area (Å²) in [4.78, 5) is 22.5. The highest BCUT2D eigenvalue weighted by molar-refractivity contribution is 5.84. The van der Waals surface area contributed by atoms with Crippen molar-refractivity contribution in [2.24, 2.45) is 0 Å². The van der Waals surface area contributed by atoms with Gasteiger partial charge in [-0.2, -0.15) is 0 Å². The molecule has 0 aliphatic carbocycles. The Kier molecular flexibility index (Phi) is 4.68. The fourth-order valence-corrected chi connectivity index (χ4v) is 2.30. The van der Waals surface area contributed by atoms with Crippen molar-refractivity contribution in [3.63, 3.8) is 0 Å². The first-order valence-corrected chi connectivity index (χ1v) is 6.76. The minimum absolute atomic E-state index is 0.0397. The van der Waals surface area contributed by atoms with E-state index in [9.17, 15) is 4.79 Å². The number of rotatable bonds is 5. The fraction of sp³-hybridized carbons (Fsp3) is 0.615. The molecule has 2 rings (SSSR count). The van der Waals surface area contributed by atoms with E-state index < -0.39 is 0 Å². The Bertz CT molecular complexity index is 420. The third-order valence-electron chi connectivity index (χ3n) is 3.33. The number of likely N-dealkylation sites (N-methyl/N-ethyl adjacent to an activating group) is 1. The van der Waals surface area contributed by atoms with Crippen LogP contribution in [0.2, 0.25) is 0 Å².